The molecule has 6 heteroatoms. The Bertz CT molecular complexity index is 502. The average Bonchev–Trinajstić information content (AvgIpc) is 2.45. The van der Waals surface area contributed by atoms with Gasteiger partial charge in [-0.15, -0.1) is 0 Å². The van der Waals surface area contributed by atoms with Crippen molar-refractivity contribution in [3.63, 3.8) is 0 Å². The lowest BCUT2D eigenvalue weighted by Crippen LogP contribution is -2.29. The number of carbonyl (C=O) groups excluding carboxylic acids is 1. The summed E-state index contributed by atoms with van der Waals surface area (Å²) in [6, 6.07) is 7.04. The highest BCUT2D eigenvalue weighted by molar-refractivity contribution is 6.38. The number of nitrogens with zero attached hydrogens (tertiary/aromatic N) is 1. The molecule has 1 aromatic carbocycles. The van der Waals surface area contributed by atoms with Crippen molar-refractivity contribution in [1.29, 1.82) is 0 Å². The van der Waals surface area contributed by atoms with Crippen molar-refractivity contribution in [2.24, 2.45) is 5.16 Å². The fourth-order valence-corrected chi connectivity index (χ4v) is 1.43. The van der Waals surface area contributed by atoms with E-state index in [0.29, 0.717) is 12.4 Å². The third kappa shape index (κ3) is 5.11. The maximum atomic E-state index is 11.1. The molecule has 0 aliphatic rings. The molecule has 0 aliphatic heterocycles. The fraction of sp³-hybridized carbons (Fsp3) is 0.286. The van der Waals surface area contributed by atoms with Crippen LogP contribution in [-0.4, -0.2) is 28.6 Å². The van der Waals surface area contributed by atoms with Crippen molar-refractivity contribution in [1.82, 2.24) is 5.48 Å². The number of ether oxygens (including phenoxy) is 1. The van der Waals surface area contributed by atoms with E-state index in [1.54, 1.807) is 24.3 Å². The predicted octanol–water partition coefficient (Wildman–Crippen LogP) is 1.91. The van der Waals surface area contributed by atoms with Crippen LogP contribution in [0.5, 0.6) is 5.75 Å². The van der Waals surface area contributed by atoms with Gasteiger partial charge in [-0.2, -0.15) is 0 Å². The van der Waals surface area contributed by atoms with Crippen molar-refractivity contribution in [2.75, 3.05) is 6.61 Å². The zero-order valence-corrected chi connectivity index (χ0v) is 11.5. The summed E-state index contributed by atoms with van der Waals surface area (Å²) in [6.07, 6.45) is 2.08. The molecule has 0 saturated carbocycles. The van der Waals surface area contributed by atoms with Gasteiger partial charge in [0, 0.05) is 6.42 Å². The van der Waals surface area contributed by atoms with Crippen LogP contribution in [0.1, 0.15) is 19.4 Å². The molecule has 0 aliphatic carbocycles. The highest BCUT2D eigenvalue weighted by Gasteiger charge is 2.11. The molecule has 20 heavy (non-hydrogen) atoms. The summed E-state index contributed by atoms with van der Waals surface area (Å²) in [6.45, 7) is 4.49. The molecular weight excluding hydrogens is 260 g/mol. The van der Waals surface area contributed by atoms with Crippen molar-refractivity contribution in [3.05, 3.63) is 41.5 Å². The van der Waals surface area contributed by atoms with Crippen LogP contribution in [0.4, 0.5) is 0 Å². The standard InChI is InChI=1S/C14H18N2O4/c1-10(2)7-8-20-12-5-3-11(4-6-12)9-13(15-18)14(17)16-19/h3-7,18-19H,8-9H2,1-2H3,(H,16,17). The first-order valence-electron chi connectivity index (χ1n) is 6.07. The summed E-state index contributed by atoms with van der Waals surface area (Å²) in [5.74, 6) is -0.128. The van der Waals surface area contributed by atoms with Crippen LogP contribution in [0.2, 0.25) is 0 Å². The molecule has 108 valence electrons. The number of oxime groups is 1. The molecule has 0 fully saturated rings. The van der Waals surface area contributed by atoms with Crippen LogP contribution in [-0.2, 0) is 11.2 Å². The van der Waals surface area contributed by atoms with Crippen LogP contribution in [0.15, 0.2) is 41.1 Å². The lowest BCUT2D eigenvalue weighted by molar-refractivity contribution is -0.122. The highest BCUT2D eigenvalue weighted by Crippen LogP contribution is 2.13. The van der Waals surface area contributed by atoms with Crippen LogP contribution in [0.25, 0.3) is 0 Å². The number of amides is 1. The minimum Gasteiger partial charge on any atom is -0.490 e. The normalized spacial score (nSPS) is 10.8. The molecule has 0 spiro atoms. The van der Waals surface area contributed by atoms with Crippen molar-refractivity contribution >= 4 is 11.6 Å². The first-order valence-corrected chi connectivity index (χ1v) is 6.07. The molecule has 1 rings (SSSR count). The van der Waals surface area contributed by atoms with Gasteiger partial charge < -0.3 is 9.94 Å². The van der Waals surface area contributed by atoms with E-state index in [9.17, 15) is 4.79 Å². The van der Waals surface area contributed by atoms with Crippen molar-refractivity contribution < 1.29 is 19.9 Å². The Morgan fingerprint density at radius 1 is 1.35 bits per heavy atom. The van der Waals surface area contributed by atoms with Crippen LogP contribution < -0.4 is 10.2 Å². The maximum absolute atomic E-state index is 11.1. The minimum atomic E-state index is -0.837. The topological polar surface area (TPSA) is 91.2 Å². The van der Waals surface area contributed by atoms with E-state index in [-0.39, 0.29) is 12.1 Å². The smallest absolute Gasteiger partial charge is 0.292 e. The van der Waals surface area contributed by atoms with E-state index < -0.39 is 5.91 Å². The quantitative estimate of drug-likeness (QED) is 0.244. The van der Waals surface area contributed by atoms with Gasteiger partial charge in [-0.05, 0) is 37.6 Å². The van der Waals surface area contributed by atoms with Gasteiger partial charge in [0.1, 0.15) is 12.4 Å². The molecule has 0 atom stereocenters. The second kappa shape index (κ2) is 7.96. The number of hydrogen-bond acceptors (Lipinski definition) is 5. The molecule has 0 bridgehead atoms. The van der Waals surface area contributed by atoms with Crippen molar-refractivity contribution in [3.8, 4) is 5.75 Å². The Balaban J connectivity index is 2.62. The number of allylic oxidation sites excluding steroid dienone is 1. The summed E-state index contributed by atoms with van der Waals surface area (Å²) >= 11 is 0. The Morgan fingerprint density at radius 2 is 2.00 bits per heavy atom. The number of benzene rings is 1. The molecule has 0 radical (unpaired) electrons. The number of nitrogens with one attached hydrogen (secondary N) is 1. The molecular formula is C14H18N2O4. The van der Waals surface area contributed by atoms with Gasteiger partial charge in [0.05, 0.1) is 0 Å². The predicted molar refractivity (Wildman–Crippen MR) is 74.2 cm³/mol. The average molecular weight is 278 g/mol. The second-order valence-electron chi connectivity index (χ2n) is 4.40. The lowest BCUT2D eigenvalue weighted by Gasteiger charge is -2.06. The Labute approximate surface area is 117 Å². The molecule has 1 amide bonds. The largest absolute Gasteiger partial charge is 0.490 e. The zero-order chi connectivity index (χ0) is 15.0. The lowest BCUT2D eigenvalue weighted by atomic mass is 10.1. The summed E-state index contributed by atoms with van der Waals surface area (Å²) in [5, 5.41) is 20.0. The maximum Gasteiger partial charge on any atom is 0.292 e. The number of carbonyl (C=O) groups is 1. The molecule has 3 N–H and O–H groups in total. The van der Waals surface area contributed by atoms with E-state index in [0.717, 1.165) is 5.56 Å². The molecule has 0 aromatic heterocycles. The van der Waals surface area contributed by atoms with E-state index in [2.05, 4.69) is 5.16 Å². The highest BCUT2D eigenvalue weighted by atomic mass is 16.5. The zero-order valence-electron chi connectivity index (χ0n) is 11.5. The summed E-state index contributed by atoms with van der Waals surface area (Å²) in [7, 11) is 0. The number of hydrogen-bond donors (Lipinski definition) is 3. The summed E-state index contributed by atoms with van der Waals surface area (Å²) in [5.41, 5.74) is 3.19. The van der Waals surface area contributed by atoms with E-state index in [4.69, 9.17) is 15.2 Å². The Hall–Kier alpha value is -2.34. The van der Waals surface area contributed by atoms with E-state index >= 15 is 0 Å². The SMILES string of the molecule is CC(C)=CCOc1ccc(CC(=NO)C(=O)NO)cc1. The number of rotatable bonds is 6. The van der Waals surface area contributed by atoms with E-state index in [1.165, 1.54) is 11.1 Å². The molecule has 0 heterocycles. The molecule has 0 unspecified atom stereocenters. The second-order valence-corrected chi connectivity index (χ2v) is 4.40. The Kier molecular flexibility index (Phi) is 6.25. The first kappa shape index (κ1) is 15.7. The van der Waals surface area contributed by atoms with Crippen molar-refractivity contribution in [2.45, 2.75) is 20.3 Å². The summed E-state index contributed by atoms with van der Waals surface area (Å²) in [4.78, 5) is 11.1. The van der Waals surface area contributed by atoms with Gasteiger partial charge in [-0.1, -0.05) is 22.9 Å². The Morgan fingerprint density at radius 3 is 2.50 bits per heavy atom. The third-order valence-electron chi connectivity index (χ3n) is 2.52. The monoisotopic (exact) mass is 278 g/mol. The van der Waals surface area contributed by atoms with Gasteiger partial charge in [-0.25, -0.2) is 5.48 Å². The van der Waals surface area contributed by atoms with Gasteiger partial charge in [-0.3, -0.25) is 10.0 Å². The van der Waals surface area contributed by atoms with Gasteiger partial charge in [0.2, 0.25) is 0 Å². The molecule has 0 saturated heterocycles. The minimum absolute atomic E-state index is 0.108. The van der Waals surface area contributed by atoms with Crippen LogP contribution in [0, 0.1) is 0 Å². The molecule has 6 nitrogen and oxygen atoms in total. The van der Waals surface area contributed by atoms with Gasteiger partial charge in [0.15, 0.2) is 5.71 Å². The molecule has 1 aromatic rings. The number of hydroxylamine groups is 1. The first-order chi connectivity index (χ1) is 9.56. The van der Waals surface area contributed by atoms with Crippen LogP contribution in [0.3, 0.4) is 0 Å². The van der Waals surface area contributed by atoms with Crippen LogP contribution >= 0.6 is 0 Å². The third-order valence-corrected chi connectivity index (χ3v) is 2.52. The fourth-order valence-electron chi connectivity index (χ4n) is 1.43. The van der Waals surface area contributed by atoms with Gasteiger partial charge in [0.25, 0.3) is 5.91 Å². The van der Waals surface area contributed by atoms with Gasteiger partial charge >= 0.3 is 0 Å². The summed E-state index contributed by atoms with van der Waals surface area (Å²) < 4.78 is 5.50. The van der Waals surface area contributed by atoms with E-state index in [1.807, 2.05) is 19.9 Å².